The van der Waals surface area contributed by atoms with E-state index in [1.807, 2.05) is 0 Å². The molecular weight excluding hydrogens is 491 g/mol. The average molecular weight is 528 g/mol. The fourth-order valence-electron chi connectivity index (χ4n) is 4.33. The van der Waals surface area contributed by atoms with E-state index in [1.165, 1.54) is 37.8 Å². The van der Waals surface area contributed by atoms with E-state index in [0.717, 1.165) is 57.6 Å². The summed E-state index contributed by atoms with van der Waals surface area (Å²) in [4.78, 5) is 9.96. The number of benzene rings is 1. The van der Waals surface area contributed by atoms with Crippen molar-refractivity contribution < 1.29 is 9.47 Å². The quantitative estimate of drug-likeness (QED) is 0.334. The van der Waals surface area contributed by atoms with Crippen molar-refractivity contribution >= 4 is 29.9 Å². The van der Waals surface area contributed by atoms with Gasteiger partial charge in [0.1, 0.15) is 5.75 Å². The second-order valence-corrected chi connectivity index (χ2v) is 8.46. The van der Waals surface area contributed by atoms with Gasteiger partial charge in [-0.1, -0.05) is 18.2 Å². The molecule has 1 atom stereocenters. The number of likely N-dealkylation sites (tertiary alicyclic amines) is 1. The van der Waals surface area contributed by atoms with Gasteiger partial charge in [-0.15, -0.1) is 24.0 Å². The molecule has 1 unspecified atom stereocenters. The molecule has 0 radical (unpaired) electrons. The Balaban J connectivity index is 0.00000256. The van der Waals surface area contributed by atoms with E-state index in [4.69, 9.17) is 14.5 Å². The fraction of sp³-hybridized carbons (Fsp3) is 0.696. The Bertz CT molecular complexity index is 677. The molecule has 30 heavy (non-hydrogen) atoms. The highest BCUT2D eigenvalue weighted by molar-refractivity contribution is 14.0. The van der Waals surface area contributed by atoms with Gasteiger partial charge in [-0.2, -0.15) is 0 Å². The second-order valence-electron chi connectivity index (χ2n) is 8.46. The topological polar surface area (TPSA) is 49.3 Å². The monoisotopic (exact) mass is 528 g/mol. The Labute approximate surface area is 198 Å². The van der Waals surface area contributed by atoms with E-state index in [9.17, 15) is 0 Å². The molecule has 1 saturated carbocycles. The normalized spacial score (nSPS) is 23.0. The van der Waals surface area contributed by atoms with Gasteiger partial charge < -0.3 is 19.7 Å². The van der Waals surface area contributed by atoms with Crippen LogP contribution in [0.4, 0.5) is 0 Å². The van der Waals surface area contributed by atoms with E-state index in [1.54, 1.807) is 0 Å². The van der Waals surface area contributed by atoms with Crippen LogP contribution >= 0.6 is 24.0 Å². The number of nitrogens with one attached hydrogen (secondary N) is 1. The van der Waals surface area contributed by atoms with Gasteiger partial charge in [0, 0.05) is 44.8 Å². The van der Waals surface area contributed by atoms with Gasteiger partial charge in [-0.05, 0) is 44.6 Å². The zero-order valence-corrected chi connectivity index (χ0v) is 20.6. The summed E-state index contributed by atoms with van der Waals surface area (Å²) in [7, 11) is 0. The third-order valence-electron chi connectivity index (χ3n) is 6.26. The SMILES string of the molecule is CCNC(=NCc1ccccc1OC1CCC1)N1CCC(CN2CCOCC2)C1.I. The van der Waals surface area contributed by atoms with E-state index in [0.29, 0.717) is 18.6 Å². The van der Waals surface area contributed by atoms with Crippen LogP contribution in [0, 0.1) is 5.92 Å². The maximum Gasteiger partial charge on any atom is 0.194 e. The van der Waals surface area contributed by atoms with Gasteiger partial charge in [0.15, 0.2) is 5.96 Å². The first-order valence-corrected chi connectivity index (χ1v) is 11.4. The summed E-state index contributed by atoms with van der Waals surface area (Å²) in [6, 6.07) is 8.37. The lowest BCUT2D eigenvalue weighted by atomic mass is 9.96. The lowest BCUT2D eigenvalue weighted by molar-refractivity contribution is 0.0315. The van der Waals surface area contributed by atoms with Gasteiger partial charge in [-0.3, -0.25) is 4.90 Å². The van der Waals surface area contributed by atoms with Crippen LogP contribution in [-0.2, 0) is 11.3 Å². The summed E-state index contributed by atoms with van der Waals surface area (Å²) < 4.78 is 11.7. The number of guanidine groups is 1. The van der Waals surface area contributed by atoms with E-state index in [-0.39, 0.29) is 24.0 Å². The van der Waals surface area contributed by atoms with E-state index >= 15 is 0 Å². The van der Waals surface area contributed by atoms with Crippen LogP contribution in [0.15, 0.2) is 29.3 Å². The summed E-state index contributed by atoms with van der Waals surface area (Å²) in [6.07, 6.45) is 5.28. The number of hydrogen-bond acceptors (Lipinski definition) is 4. The zero-order chi connectivity index (χ0) is 19.9. The molecule has 1 aromatic rings. The fourth-order valence-corrected chi connectivity index (χ4v) is 4.33. The largest absolute Gasteiger partial charge is 0.490 e. The molecule has 0 aromatic heterocycles. The second kappa shape index (κ2) is 12.1. The molecule has 0 bridgehead atoms. The Hall–Kier alpha value is -1.06. The van der Waals surface area contributed by atoms with Crippen LogP contribution in [0.3, 0.4) is 0 Å². The van der Waals surface area contributed by atoms with Crippen molar-refractivity contribution in [3.63, 3.8) is 0 Å². The smallest absolute Gasteiger partial charge is 0.194 e. The molecule has 0 amide bonds. The molecule has 1 aliphatic carbocycles. The van der Waals surface area contributed by atoms with Crippen molar-refractivity contribution in [3.05, 3.63) is 29.8 Å². The van der Waals surface area contributed by atoms with Crippen LogP contribution < -0.4 is 10.1 Å². The highest BCUT2D eigenvalue weighted by atomic mass is 127. The van der Waals surface area contributed by atoms with Crippen molar-refractivity contribution in [3.8, 4) is 5.75 Å². The first kappa shape index (κ1) is 23.6. The van der Waals surface area contributed by atoms with Gasteiger partial charge in [0.05, 0.1) is 25.9 Å². The molecule has 3 fully saturated rings. The molecule has 4 rings (SSSR count). The van der Waals surface area contributed by atoms with Crippen LogP contribution in [0.1, 0.15) is 38.2 Å². The van der Waals surface area contributed by atoms with Crippen molar-refractivity contribution in [2.45, 2.75) is 45.3 Å². The molecule has 3 aliphatic rings. The highest BCUT2D eigenvalue weighted by Gasteiger charge is 2.27. The minimum absolute atomic E-state index is 0. The molecule has 168 valence electrons. The Morgan fingerprint density at radius 3 is 2.70 bits per heavy atom. The van der Waals surface area contributed by atoms with Crippen LogP contribution in [0.5, 0.6) is 5.75 Å². The third kappa shape index (κ3) is 6.47. The van der Waals surface area contributed by atoms with Crippen LogP contribution in [-0.4, -0.2) is 74.3 Å². The minimum atomic E-state index is 0. The highest BCUT2D eigenvalue weighted by Crippen LogP contribution is 2.28. The summed E-state index contributed by atoms with van der Waals surface area (Å²) in [5.41, 5.74) is 1.18. The molecule has 7 heteroatoms. The Kier molecular flexibility index (Phi) is 9.52. The predicted octanol–water partition coefficient (Wildman–Crippen LogP) is 3.36. The molecule has 2 saturated heterocycles. The molecule has 2 heterocycles. The standard InChI is InChI=1S/C23H36N4O2.HI/c1-2-24-23(27-11-10-19(18-27)17-26-12-14-28-15-13-26)25-16-20-6-3-4-9-22(20)29-21-7-5-8-21;/h3-4,6,9,19,21H,2,5,7-8,10-18H2,1H3,(H,24,25);1H. The van der Waals surface area contributed by atoms with E-state index in [2.05, 4.69) is 46.3 Å². The number of hydrogen-bond donors (Lipinski definition) is 1. The Morgan fingerprint density at radius 2 is 1.97 bits per heavy atom. The maximum atomic E-state index is 6.18. The first-order chi connectivity index (χ1) is 14.3. The number of nitrogens with zero attached hydrogens (tertiary/aromatic N) is 3. The molecule has 6 nitrogen and oxygen atoms in total. The average Bonchev–Trinajstić information content (AvgIpc) is 3.18. The molecule has 0 spiro atoms. The lowest BCUT2D eigenvalue weighted by Gasteiger charge is -2.29. The van der Waals surface area contributed by atoms with Crippen molar-refractivity contribution in [2.75, 3.05) is 52.5 Å². The molecule has 2 aliphatic heterocycles. The van der Waals surface area contributed by atoms with Gasteiger partial charge in [-0.25, -0.2) is 4.99 Å². The number of morpholine rings is 1. The predicted molar refractivity (Wildman–Crippen MR) is 132 cm³/mol. The van der Waals surface area contributed by atoms with Crippen LogP contribution in [0.2, 0.25) is 0 Å². The zero-order valence-electron chi connectivity index (χ0n) is 18.2. The number of rotatable bonds is 7. The molecule has 1 aromatic carbocycles. The summed E-state index contributed by atoms with van der Waals surface area (Å²) in [6.45, 7) is 10.9. The molecule has 1 N–H and O–H groups in total. The van der Waals surface area contributed by atoms with E-state index < -0.39 is 0 Å². The summed E-state index contributed by atoms with van der Waals surface area (Å²) >= 11 is 0. The van der Waals surface area contributed by atoms with Gasteiger partial charge in [0.2, 0.25) is 0 Å². The Morgan fingerprint density at radius 1 is 1.17 bits per heavy atom. The number of ether oxygens (including phenoxy) is 2. The van der Waals surface area contributed by atoms with Crippen LogP contribution in [0.25, 0.3) is 0 Å². The lowest BCUT2D eigenvalue weighted by Crippen LogP contribution is -2.42. The van der Waals surface area contributed by atoms with Crippen molar-refractivity contribution in [1.82, 2.24) is 15.1 Å². The third-order valence-corrected chi connectivity index (χ3v) is 6.26. The van der Waals surface area contributed by atoms with Crippen molar-refractivity contribution in [2.24, 2.45) is 10.9 Å². The molecular formula is C23H37IN4O2. The number of aliphatic imine (C=N–C) groups is 1. The summed E-state index contributed by atoms with van der Waals surface area (Å²) in [5.74, 6) is 2.75. The first-order valence-electron chi connectivity index (χ1n) is 11.4. The van der Waals surface area contributed by atoms with Crippen molar-refractivity contribution in [1.29, 1.82) is 0 Å². The van der Waals surface area contributed by atoms with Gasteiger partial charge >= 0.3 is 0 Å². The minimum Gasteiger partial charge on any atom is -0.490 e. The maximum absolute atomic E-state index is 6.18. The van der Waals surface area contributed by atoms with Gasteiger partial charge in [0.25, 0.3) is 0 Å². The summed E-state index contributed by atoms with van der Waals surface area (Å²) in [5, 5.41) is 3.50. The number of para-hydroxylation sites is 1. The number of halogens is 1.